The van der Waals surface area contributed by atoms with E-state index in [1.165, 1.54) is 6.07 Å². The van der Waals surface area contributed by atoms with Crippen molar-refractivity contribution in [3.8, 4) is 0 Å². The summed E-state index contributed by atoms with van der Waals surface area (Å²) in [4.78, 5) is 27.8. The van der Waals surface area contributed by atoms with E-state index in [-0.39, 0.29) is 36.9 Å². The molecule has 1 heterocycles. The average Bonchev–Trinajstić information content (AvgIpc) is 2.92. The topological polar surface area (TPSA) is 52.7 Å². The number of urea groups is 1. The van der Waals surface area contributed by atoms with Gasteiger partial charge in [0.15, 0.2) is 0 Å². The molecule has 136 valence electrons. The summed E-state index contributed by atoms with van der Waals surface area (Å²) in [6, 6.07) is 6.50. The molecular weight excluding hydrogens is 321 g/mol. The lowest BCUT2D eigenvalue weighted by Gasteiger charge is -2.27. The van der Waals surface area contributed by atoms with Crippen LogP contribution in [0.1, 0.15) is 38.2 Å². The van der Waals surface area contributed by atoms with Gasteiger partial charge in [0.25, 0.3) is 0 Å². The number of benzene rings is 1. The quantitative estimate of drug-likeness (QED) is 0.890. The van der Waals surface area contributed by atoms with Crippen LogP contribution in [-0.4, -0.2) is 47.4 Å². The van der Waals surface area contributed by atoms with Gasteiger partial charge in [-0.15, -0.1) is 0 Å². The van der Waals surface area contributed by atoms with E-state index >= 15 is 0 Å². The van der Waals surface area contributed by atoms with E-state index in [1.54, 1.807) is 28.0 Å². The van der Waals surface area contributed by atoms with E-state index in [9.17, 15) is 14.0 Å². The molecule has 1 aliphatic carbocycles. The van der Waals surface area contributed by atoms with Crippen molar-refractivity contribution in [1.82, 2.24) is 15.1 Å². The van der Waals surface area contributed by atoms with Gasteiger partial charge in [0.1, 0.15) is 12.4 Å². The first kappa shape index (κ1) is 17.7. The summed E-state index contributed by atoms with van der Waals surface area (Å²) in [6.07, 6.45) is 4.31. The van der Waals surface area contributed by atoms with Gasteiger partial charge in [-0.25, -0.2) is 9.18 Å². The molecule has 1 saturated heterocycles. The summed E-state index contributed by atoms with van der Waals surface area (Å²) in [5, 5.41) is 3.05. The maximum absolute atomic E-state index is 13.7. The van der Waals surface area contributed by atoms with Gasteiger partial charge in [0.05, 0.1) is 6.54 Å². The molecule has 1 aliphatic heterocycles. The van der Waals surface area contributed by atoms with Crippen LogP contribution < -0.4 is 5.32 Å². The zero-order valence-electron chi connectivity index (χ0n) is 14.7. The van der Waals surface area contributed by atoms with Crippen LogP contribution in [0.4, 0.5) is 9.18 Å². The second kappa shape index (κ2) is 7.85. The fraction of sp³-hybridized carbons (Fsp3) is 0.579. The lowest BCUT2D eigenvalue weighted by molar-refractivity contribution is -0.122. The third-order valence-electron chi connectivity index (χ3n) is 5.22. The van der Waals surface area contributed by atoms with Crippen LogP contribution in [0, 0.1) is 11.7 Å². The number of carbonyl (C=O) groups excluding carboxylic acids is 2. The summed E-state index contributed by atoms with van der Waals surface area (Å²) in [5.74, 6) is 0.332. The smallest absolute Gasteiger partial charge is 0.320 e. The highest BCUT2D eigenvalue weighted by Gasteiger charge is 2.30. The van der Waals surface area contributed by atoms with Crippen LogP contribution in [-0.2, 0) is 11.3 Å². The average molecular weight is 347 g/mol. The second-order valence-electron chi connectivity index (χ2n) is 7.24. The SMILES string of the molecule is CC1CCC(NC(=O)CN2CCN(Cc3ccccc3F)C2=O)CC1. The molecule has 0 bridgehead atoms. The molecule has 0 radical (unpaired) electrons. The minimum atomic E-state index is -0.307. The Morgan fingerprint density at radius 2 is 1.84 bits per heavy atom. The summed E-state index contributed by atoms with van der Waals surface area (Å²) < 4.78 is 13.7. The highest BCUT2D eigenvalue weighted by molar-refractivity contribution is 5.85. The van der Waals surface area contributed by atoms with Crippen molar-refractivity contribution >= 4 is 11.9 Å². The number of hydrogen-bond acceptors (Lipinski definition) is 2. The molecular formula is C19H26FN3O2. The lowest BCUT2D eigenvalue weighted by Crippen LogP contribution is -2.44. The minimum absolute atomic E-state index is 0.0820. The Morgan fingerprint density at radius 1 is 1.16 bits per heavy atom. The standard InChI is InChI=1S/C19H26FN3O2/c1-14-6-8-16(9-7-14)21-18(24)13-23-11-10-22(19(23)25)12-15-4-2-3-5-17(15)20/h2-5,14,16H,6-13H2,1H3,(H,21,24). The summed E-state index contributed by atoms with van der Waals surface area (Å²) >= 11 is 0. The highest BCUT2D eigenvalue weighted by atomic mass is 19.1. The Hall–Kier alpha value is -2.11. The lowest BCUT2D eigenvalue weighted by atomic mass is 9.87. The third kappa shape index (κ3) is 4.50. The zero-order valence-corrected chi connectivity index (χ0v) is 14.7. The van der Waals surface area contributed by atoms with Crippen molar-refractivity contribution < 1.29 is 14.0 Å². The maximum Gasteiger partial charge on any atom is 0.320 e. The van der Waals surface area contributed by atoms with E-state index in [0.717, 1.165) is 31.6 Å². The fourth-order valence-corrected chi connectivity index (χ4v) is 3.61. The second-order valence-corrected chi connectivity index (χ2v) is 7.24. The zero-order chi connectivity index (χ0) is 17.8. The van der Waals surface area contributed by atoms with Crippen LogP contribution in [0.2, 0.25) is 0 Å². The molecule has 0 aromatic heterocycles. The van der Waals surface area contributed by atoms with Gasteiger partial charge in [-0.1, -0.05) is 25.1 Å². The van der Waals surface area contributed by atoms with Crippen LogP contribution >= 0.6 is 0 Å². The molecule has 1 N–H and O–H groups in total. The summed E-state index contributed by atoms with van der Waals surface area (Å²) in [7, 11) is 0. The number of nitrogens with zero attached hydrogens (tertiary/aromatic N) is 2. The molecule has 0 atom stereocenters. The number of halogens is 1. The molecule has 1 aromatic rings. The molecule has 3 amide bonds. The summed E-state index contributed by atoms with van der Waals surface area (Å²) in [5.41, 5.74) is 0.499. The molecule has 2 aliphatic rings. The molecule has 3 rings (SSSR count). The number of rotatable bonds is 5. The Morgan fingerprint density at radius 3 is 2.56 bits per heavy atom. The van der Waals surface area contributed by atoms with Gasteiger partial charge < -0.3 is 15.1 Å². The van der Waals surface area contributed by atoms with E-state index in [0.29, 0.717) is 18.7 Å². The van der Waals surface area contributed by atoms with Gasteiger partial charge in [0, 0.05) is 24.7 Å². The molecule has 0 unspecified atom stereocenters. The Kier molecular flexibility index (Phi) is 5.56. The Bertz CT molecular complexity index is 629. The van der Waals surface area contributed by atoms with Crippen LogP contribution in [0.3, 0.4) is 0 Å². The first-order valence-corrected chi connectivity index (χ1v) is 9.09. The van der Waals surface area contributed by atoms with Gasteiger partial charge in [-0.3, -0.25) is 4.79 Å². The van der Waals surface area contributed by atoms with Gasteiger partial charge in [-0.05, 0) is 37.7 Å². The molecule has 5 nitrogen and oxygen atoms in total. The third-order valence-corrected chi connectivity index (χ3v) is 5.22. The number of nitrogens with one attached hydrogen (secondary N) is 1. The molecule has 1 aromatic carbocycles. The first-order chi connectivity index (χ1) is 12.0. The van der Waals surface area contributed by atoms with Crippen LogP contribution in [0.15, 0.2) is 24.3 Å². The van der Waals surface area contributed by atoms with Crippen molar-refractivity contribution in [2.75, 3.05) is 19.6 Å². The van der Waals surface area contributed by atoms with E-state index in [4.69, 9.17) is 0 Å². The summed E-state index contributed by atoms with van der Waals surface area (Å²) in [6.45, 7) is 3.58. The van der Waals surface area contributed by atoms with Gasteiger partial charge in [0.2, 0.25) is 5.91 Å². The van der Waals surface area contributed by atoms with Crippen LogP contribution in [0.25, 0.3) is 0 Å². The molecule has 6 heteroatoms. The van der Waals surface area contributed by atoms with Crippen molar-refractivity contribution in [2.24, 2.45) is 5.92 Å². The Labute approximate surface area is 148 Å². The van der Waals surface area contributed by atoms with Crippen molar-refractivity contribution in [2.45, 2.75) is 45.2 Å². The first-order valence-electron chi connectivity index (χ1n) is 9.09. The van der Waals surface area contributed by atoms with E-state index in [1.807, 2.05) is 0 Å². The van der Waals surface area contributed by atoms with Crippen molar-refractivity contribution in [3.05, 3.63) is 35.6 Å². The number of carbonyl (C=O) groups is 2. The fourth-order valence-electron chi connectivity index (χ4n) is 3.61. The number of hydrogen-bond donors (Lipinski definition) is 1. The monoisotopic (exact) mass is 347 g/mol. The van der Waals surface area contributed by atoms with Crippen LogP contribution in [0.5, 0.6) is 0 Å². The predicted octanol–water partition coefficient (Wildman–Crippen LogP) is 2.76. The molecule has 2 fully saturated rings. The van der Waals surface area contributed by atoms with Gasteiger partial charge >= 0.3 is 6.03 Å². The largest absolute Gasteiger partial charge is 0.352 e. The number of amides is 3. The van der Waals surface area contributed by atoms with E-state index < -0.39 is 0 Å². The molecule has 1 saturated carbocycles. The highest BCUT2D eigenvalue weighted by Crippen LogP contribution is 2.23. The molecule has 0 spiro atoms. The van der Waals surface area contributed by atoms with Crippen molar-refractivity contribution in [1.29, 1.82) is 0 Å². The minimum Gasteiger partial charge on any atom is -0.352 e. The normalized spacial score (nSPS) is 23.8. The Balaban J connectivity index is 1.48. The maximum atomic E-state index is 13.7. The van der Waals surface area contributed by atoms with E-state index in [2.05, 4.69) is 12.2 Å². The van der Waals surface area contributed by atoms with Gasteiger partial charge in [-0.2, -0.15) is 0 Å². The predicted molar refractivity (Wildman–Crippen MR) is 93.3 cm³/mol. The molecule has 25 heavy (non-hydrogen) atoms. The van der Waals surface area contributed by atoms with Crippen molar-refractivity contribution in [3.63, 3.8) is 0 Å².